The van der Waals surface area contributed by atoms with Gasteiger partial charge in [-0.15, -0.1) is 0 Å². The summed E-state index contributed by atoms with van der Waals surface area (Å²) < 4.78 is 23.5. The molecule has 0 saturated carbocycles. The molecule has 0 aliphatic rings. The summed E-state index contributed by atoms with van der Waals surface area (Å²) in [4.78, 5) is 12.3. The molecule has 0 N–H and O–H groups in total. The summed E-state index contributed by atoms with van der Waals surface area (Å²) in [6.07, 6.45) is 0.502. The molecule has 4 heteroatoms. The maximum Gasteiger partial charge on any atom is 0.198 e. The molecule has 1 aromatic carbocycles. The van der Waals surface area contributed by atoms with Crippen LogP contribution in [0, 0.1) is 5.82 Å². The Hall–Kier alpha value is -1.42. The minimum absolute atomic E-state index is 0.207. The van der Waals surface area contributed by atoms with E-state index in [0.717, 1.165) is 0 Å². The molecular weight excluding hydrogens is 223 g/mol. The molecule has 1 unspecified atom stereocenters. The van der Waals surface area contributed by atoms with E-state index in [2.05, 4.69) is 0 Å². The number of hydrogen-bond donors (Lipinski definition) is 0. The van der Waals surface area contributed by atoms with Gasteiger partial charge < -0.3 is 9.47 Å². The van der Waals surface area contributed by atoms with Crippen molar-refractivity contribution in [1.82, 2.24) is 0 Å². The SMILES string of the molecule is CCC(C)(OC)C(=O)c1cc(F)ccc1OC. The molecule has 0 heterocycles. The molecule has 0 fully saturated rings. The van der Waals surface area contributed by atoms with Crippen LogP contribution in [0.1, 0.15) is 30.6 Å². The first-order valence-corrected chi connectivity index (χ1v) is 5.42. The van der Waals surface area contributed by atoms with Gasteiger partial charge in [-0.25, -0.2) is 4.39 Å². The number of hydrogen-bond acceptors (Lipinski definition) is 3. The highest BCUT2D eigenvalue weighted by atomic mass is 19.1. The third-order valence-electron chi connectivity index (χ3n) is 3.01. The van der Waals surface area contributed by atoms with E-state index < -0.39 is 11.4 Å². The van der Waals surface area contributed by atoms with Gasteiger partial charge in [0.2, 0.25) is 0 Å². The number of halogens is 1. The first kappa shape index (κ1) is 13.6. The molecule has 0 saturated heterocycles. The van der Waals surface area contributed by atoms with Crippen molar-refractivity contribution in [2.24, 2.45) is 0 Å². The first-order valence-electron chi connectivity index (χ1n) is 5.42. The maximum absolute atomic E-state index is 13.2. The number of carbonyl (C=O) groups is 1. The van der Waals surface area contributed by atoms with Gasteiger partial charge in [0, 0.05) is 7.11 Å². The molecule has 94 valence electrons. The lowest BCUT2D eigenvalue weighted by atomic mass is 9.91. The van der Waals surface area contributed by atoms with Gasteiger partial charge >= 0.3 is 0 Å². The molecule has 1 aromatic rings. The molecule has 0 aromatic heterocycles. The second-order valence-corrected chi connectivity index (χ2v) is 3.96. The monoisotopic (exact) mass is 240 g/mol. The lowest BCUT2D eigenvalue weighted by molar-refractivity contribution is 0.0103. The van der Waals surface area contributed by atoms with E-state index in [1.54, 1.807) is 6.92 Å². The van der Waals surface area contributed by atoms with E-state index >= 15 is 0 Å². The summed E-state index contributed by atoms with van der Waals surface area (Å²) >= 11 is 0. The van der Waals surface area contributed by atoms with Crippen LogP contribution in [0.25, 0.3) is 0 Å². The van der Waals surface area contributed by atoms with Gasteiger partial charge in [-0.2, -0.15) is 0 Å². The molecule has 1 rings (SSSR count). The van der Waals surface area contributed by atoms with Gasteiger partial charge in [0.05, 0.1) is 12.7 Å². The van der Waals surface area contributed by atoms with Crippen LogP contribution < -0.4 is 4.74 Å². The predicted octanol–water partition coefficient (Wildman–Crippen LogP) is 2.83. The van der Waals surface area contributed by atoms with Crippen molar-refractivity contribution in [3.63, 3.8) is 0 Å². The highest BCUT2D eigenvalue weighted by Gasteiger charge is 2.33. The normalized spacial score (nSPS) is 14.2. The largest absolute Gasteiger partial charge is 0.496 e. The summed E-state index contributed by atoms with van der Waals surface area (Å²) in [7, 11) is 2.91. The van der Waals surface area contributed by atoms with E-state index in [1.807, 2.05) is 6.92 Å². The Morgan fingerprint density at radius 2 is 2.06 bits per heavy atom. The van der Waals surface area contributed by atoms with E-state index in [9.17, 15) is 9.18 Å². The number of methoxy groups -OCH3 is 2. The third kappa shape index (κ3) is 2.64. The predicted molar refractivity (Wildman–Crippen MR) is 63.0 cm³/mol. The van der Waals surface area contributed by atoms with Gasteiger partial charge in [0.25, 0.3) is 0 Å². The van der Waals surface area contributed by atoms with Crippen LogP contribution in [0.3, 0.4) is 0 Å². The molecule has 0 amide bonds. The van der Waals surface area contributed by atoms with Crippen molar-refractivity contribution in [3.8, 4) is 5.75 Å². The highest BCUT2D eigenvalue weighted by molar-refractivity contribution is 6.04. The van der Waals surface area contributed by atoms with Crippen LogP contribution in [0.2, 0.25) is 0 Å². The third-order valence-corrected chi connectivity index (χ3v) is 3.01. The fourth-order valence-corrected chi connectivity index (χ4v) is 1.54. The Balaban J connectivity index is 3.23. The molecule has 0 aliphatic heterocycles. The van der Waals surface area contributed by atoms with Crippen LogP contribution in [0.5, 0.6) is 5.75 Å². The molecule has 0 aliphatic carbocycles. The summed E-state index contributed by atoms with van der Waals surface area (Å²) in [6.45, 7) is 3.52. The van der Waals surface area contributed by atoms with Crippen molar-refractivity contribution in [1.29, 1.82) is 0 Å². The fraction of sp³-hybridized carbons (Fsp3) is 0.462. The van der Waals surface area contributed by atoms with E-state index in [-0.39, 0.29) is 11.3 Å². The van der Waals surface area contributed by atoms with E-state index in [1.165, 1.54) is 32.4 Å². The van der Waals surface area contributed by atoms with Gasteiger partial charge in [-0.1, -0.05) is 6.92 Å². The minimum atomic E-state index is -0.957. The second kappa shape index (κ2) is 5.27. The van der Waals surface area contributed by atoms with Crippen LogP contribution >= 0.6 is 0 Å². The van der Waals surface area contributed by atoms with Crippen molar-refractivity contribution < 1.29 is 18.7 Å². The number of ketones is 1. The second-order valence-electron chi connectivity index (χ2n) is 3.96. The van der Waals surface area contributed by atoms with Crippen LogP contribution in [0.15, 0.2) is 18.2 Å². The molecule has 3 nitrogen and oxygen atoms in total. The summed E-state index contributed by atoms with van der Waals surface area (Å²) in [5.74, 6) is -0.393. The van der Waals surface area contributed by atoms with Crippen molar-refractivity contribution in [2.45, 2.75) is 25.9 Å². The summed E-state index contributed by atoms with van der Waals surface area (Å²) in [5, 5.41) is 0. The zero-order valence-electron chi connectivity index (χ0n) is 10.5. The number of Topliss-reactive ketones (excluding diaryl/α,β-unsaturated/α-hetero) is 1. The first-order chi connectivity index (χ1) is 7.98. The van der Waals surface area contributed by atoms with Crippen LogP contribution in [0.4, 0.5) is 4.39 Å². The number of carbonyl (C=O) groups excluding carboxylic acids is 1. The average Bonchev–Trinajstić information content (AvgIpc) is 2.36. The van der Waals surface area contributed by atoms with Crippen LogP contribution in [-0.2, 0) is 4.74 Å². The quantitative estimate of drug-likeness (QED) is 0.742. The Morgan fingerprint density at radius 1 is 1.41 bits per heavy atom. The number of ether oxygens (including phenoxy) is 2. The number of benzene rings is 1. The topological polar surface area (TPSA) is 35.5 Å². The number of rotatable bonds is 5. The van der Waals surface area contributed by atoms with Gasteiger partial charge in [0.1, 0.15) is 17.2 Å². The molecule has 0 spiro atoms. The molecule has 17 heavy (non-hydrogen) atoms. The average molecular weight is 240 g/mol. The van der Waals surface area contributed by atoms with Gasteiger partial charge in [0.15, 0.2) is 5.78 Å². The molecule has 1 atom stereocenters. The maximum atomic E-state index is 13.2. The summed E-state index contributed by atoms with van der Waals surface area (Å²) in [6, 6.07) is 3.87. The zero-order chi connectivity index (χ0) is 13.1. The lowest BCUT2D eigenvalue weighted by Crippen LogP contribution is -2.37. The fourth-order valence-electron chi connectivity index (χ4n) is 1.54. The Bertz CT molecular complexity index is 411. The Kier molecular flexibility index (Phi) is 4.23. The lowest BCUT2D eigenvalue weighted by Gasteiger charge is -2.25. The Labute approximate surface area is 101 Å². The smallest absolute Gasteiger partial charge is 0.198 e. The Morgan fingerprint density at radius 3 is 2.53 bits per heavy atom. The minimum Gasteiger partial charge on any atom is -0.496 e. The van der Waals surface area contributed by atoms with Crippen molar-refractivity contribution in [3.05, 3.63) is 29.6 Å². The van der Waals surface area contributed by atoms with E-state index in [4.69, 9.17) is 9.47 Å². The molecular formula is C13H17FO3. The van der Waals surface area contributed by atoms with Crippen LogP contribution in [-0.4, -0.2) is 25.6 Å². The molecule has 0 bridgehead atoms. The van der Waals surface area contributed by atoms with Gasteiger partial charge in [-0.05, 0) is 31.5 Å². The zero-order valence-corrected chi connectivity index (χ0v) is 10.5. The van der Waals surface area contributed by atoms with Gasteiger partial charge in [-0.3, -0.25) is 4.79 Å². The van der Waals surface area contributed by atoms with E-state index in [0.29, 0.717) is 12.2 Å². The highest BCUT2D eigenvalue weighted by Crippen LogP contribution is 2.27. The van der Waals surface area contributed by atoms with Crippen molar-refractivity contribution in [2.75, 3.05) is 14.2 Å². The summed E-state index contributed by atoms with van der Waals surface area (Å²) in [5.41, 5.74) is -0.750. The molecule has 0 radical (unpaired) electrons. The van der Waals surface area contributed by atoms with Crippen molar-refractivity contribution >= 4 is 5.78 Å². The standard InChI is InChI=1S/C13H17FO3/c1-5-13(2,17-4)12(15)10-8-9(14)6-7-11(10)16-3/h6-8H,5H2,1-4H3.